The molecular weight excluding hydrogens is 290 g/mol. The van der Waals surface area contributed by atoms with E-state index in [4.69, 9.17) is 0 Å². The lowest BCUT2D eigenvalue weighted by Gasteiger charge is -2.15. The summed E-state index contributed by atoms with van der Waals surface area (Å²) >= 11 is 0. The number of carbonyl (C=O) groups is 1. The van der Waals surface area contributed by atoms with Gasteiger partial charge in [0.15, 0.2) is 0 Å². The molecule has 0 fully saturated rings. The van der Waals surface area contributed by atoms with Crippen molar-refractivity contribution in [2.24, 2.45) is 0 Å². The van der Waals surface area contributed by atoms with Gasteiger partial charge in [-0.25, -0.2) is 4.98 Å². The number of rotatable bonds is 4. The van der Waals surface area contributed by atoms with Crippen molar-refractivity contribution < 1.29 is 4.79 Å². The quantitative estimate of drug-likeness (QED) is 0.777. The van der Waals surface area contributed by atoms with Gasteiger partial charge in [0.1, 0.15) is 5.82 Å². The number of nitrogens with one attached hydrogen (secondary N) is 2. The number of nitrogens with zero attached hydrogens (tertiary/aromatic N) is 3. The van der Waals surface area contributed by atoms with Crippen LogP contribution in [0.15, 0.2) is 54.9 Å². The summed E-state index contributed by atoms with van der Waals surface area (Å²) in [6.45, 7) is 0. The Morgan fingerprint density at radius 3 is 2.74 bits per heavy atom. The highest BCUT2D eigenvalue weighted by molar-refractivity contribution is 6.07. The second-order valence-electron chi connectivity index (χ2n) is 5.27. The summed E-state index contributed by atoms with van der Waals surface area (Å²) in [5, 5.41) is 9.77. The van der Waals surface area contributed by atoms with Gasteiger partial charge in [-0.1, -0.05) is 12.1 Å². The van der Waals surface area contributed by atoms with Crippen LogP contribution in [-0.4, -0.2) is 35.2 Å². The lowest BCUT2D eigenvalue weighted by Crippen LogP contribution is -2.19. The third-order valence-electron chi connectivity index (χ3n) is 3.39. The molecule has 1 aromatic carbocycles. The van der Waals surface area contributed by atoms with E-state index in [1.165, 1.54) is 0 Å². The van der Waals surface area contributed by atoms with Crippen molar-refractivity contribution in [1.82, 2.24) is 15.2 Å². The first-order valence-electron chi connectivity index (χ1n) is 7.18. The molecule has 0 saturated carbocycles. The SMILES string of the molecule is CN(C)c1ncccc1C(=O)Nc1cccc(-c2ccn[nH]2)c1. The molecule has 23 heavy (non-hydrogen) atoms. The number of anilines is 2. The molecule has 0 aliphatic rings. The van der Waals surface area contributed by atoms with E-state index >= 15 is 0 Å². The van der Waals surface area contributed by atoms with E-state index < -0.39 is 0 Å². The summed E-state index contributed by atoms with van der Waals surface area (Å²) in [6.07, 6.45) is 3.37. The average Bonchev–Trinajstić information content (AvgIpc) is 3.09. The molecule has 6 heteroatoms. The highest BCUT2D eigenvalue weighted by atomic mass is 16.1. The third-order valence-corrected chi connectivity index (χ3v) is 3.39. The minimum Gasteiger partial charge on any atom is -0.362 e. The number of aromatic amines is 1. The van der Waals surface area contributed by atoms with Gasteiger partial charge < -0.3 is 10.2 Å². The highest BCUT2D eigenvalue weighted by Gasteiger charge is 2.14. The van der Waals surface area contributed by atoms with Gasteiger partial charge in [0.2, 0.25) is 0 Å². The molecule has 3 rings (SSSR count). The van der Waals surface area contributed by atoms with E-state index in [0.29, 0.717) is 11.4 Å². The molecule has 6 nitrogen and oxygen atoms in total. The van der Waals surface area contributed by atoms with Crippen molar-refractivity contribution in [3.05, 3.63) is 60.4 Å². The van der Waals surface area contributed by atoms with Gasteiger partial charge in [-0.3, -0.25) is 9.89 Å². The molecule has 0 aliphatic heterocycles. The van der Waals surface area contributed by atoms with Crippen molar-refractivity contribution in [3.8, 4) is 11.3 Å². The summed E-state index contributed by atoms with van der Waals surface area (Å²) in [6, 6.07) is 13.0. The van der Waals surface area contributed by atoms with Crippen molar-refractivity contribution >= 4 is 17.4 Å². The third kappa shape index (κ3) is 3.21. The number of amides is 1. The van der Waals surface area contributed by atoms with Gasteiger partial charge >= 0.3 is 0 Å². The van der Waals surface area contributed by atoms with Crippen LogP contribution in [0.5, 0.6) is 0 Å². The normalized spacial score (nSPS) is 10.3. The van der Waals surface area contributed by atoms with Gasteiger partial charge in [-0.2, -0.15) is 5.10 Å². The smallest absolute Gasteiger partial charge is 0.259 e. The zero-order valence-electron chi connectivity index (χ0n) is 12.9. The van der Waals surface area contributed by atoms with Crippen LogP contribution in [-0.2, 0) is 0 Å². The van der Waals surface area contributed by atoms with Crippen LogP contribution in [0.25, 0.3) is 11.3 Å². The van der Waals surface area contributed by atoms with E-state index in [9.17, 15) is 4.79 Å². The lowest BCUT2D eigenvalue weighted by atomic mass is 10.1. The topological polar surface area (TPSA) is 73.9 Å². The molecule has 0 bridgehead atoms. The van der Waals surface area contributed by atoms with Crippen LogP contribution >= 0.6 is 0 Å². The molecule has 2 aromatic heterocycles. The first-order chi connectivity index (χ1) is 11.1. The predicted octanol–water partition coefficient (Wildman–Crippen LogP) is 2.79. The van der Waals surface area contributed by atoms with Gasteiger partial charge in [-0.15, -0.1) is 0 Å². The summed E-state index contributed by atoms with van der Waals surface area (Å²) in [4.78, 5) is 18.6. The number of hydrogen-bond donors (Lipinski definition) is 2. The van der Waals surface area contributed by atoms with Crippen LogP contribution in [0.1, 0.15) is 10.4 Å². The fourth-order valence-corrected chi connectivity index (χ4v) is 2.31. The number of H-pyrrole nitrogens is 1. The summed E-state index contributed by atoms with van der Waals surface area (Å²) in [5.41, 5.74) is 3.11. The van der Waals surface area contributed by atoms with Crippen molar-refractivity contribution in [2.45, 2.75) is 0 Å². The molecule has 3 aromatic rings. The Labute approximate surface area is 134 Å². The van der Waals surface area contributed by atoms with Crippen LogP contribution in [0, 0.1) is 0 Å². The fraction of sp³-hybridized carbons (Fsp3) is 0.118. The van der Waals surface area contributed by atoms with Crippen molar-refractivity contribution in [3.63, 3.8) is 0 Å². The Balaban J connectivity index is 1.85. The molecule has 2 N–H and O–H groups in total. The molecule has 116 valence electrons. The highest BCUT2D eigenvalue weighted by Crippen LogP contribution is 2.22. The second kappa shape index (κ2) is 6.31. The van der Waals surface area contributed by atoms with E-state index in [1.807, 2.05) is 49.3 Å². The van der Waals surface area contributed by atoms with Gasteiger partial charge in [0.05, 0.1) is 11.3 Å². The molecule has 0 unspecified atom stereocenters. The van der Waals surface area contributed by atoms with Gasteiger partial charge in [0, 0.05) is 37.7 Å². The zero-order valence-corrected chi connectivity index (χ0v) is 12.9. The Morgan fingerprint density at radius 2 is 2.00 bits per heavy atom. The molecule has 0 atom stereocenters. The zero-order chi connectivity index (χ0) is 16.2. The monoisotopic (exact) mass is 307 g/mol. The molecular formula is C17H17N5O. The Bertz CT molecular complexity index is 811. The number of carbonyl (C=O) groups excluding carboxylic acids is 1. The second-order valence-corrected chi connectivity index (χ2v) is 5.27. The molecule has 0 aliphatic carbocycles. The Hall–Kier alpha value is -3.15. The van der Waals surface area contributed by atoms with Gasteiger partial charge in [-0.05, 0) is 30.3 Å². The van der Waals surface area contributed by atoms with Crippen molar-refractivity contribution in [2.75, 3.05) is 24.3 Å². The number of benzene rings is 1. The molecule has 0 saturated heterocycles. The Kier molecular flexibility index (Phi) is 4.05. The Morgan fingerprint density at radius 1 is 1.13 bits per heavy atom. The van der Waals surface area contributed by atoms with Crippen molar-refractivity contribution in [1.29, 1.82) is 0 Å². The average molecular weight is 307 g/mol. The standard InChI is InChI=1S/C17H17N5O/c1-22(2)16-14(7-4-9-18-16)17(23)20-13-6-3-5-12(11-13)15-8-10-19-21-15/h3-11H,1-2H3,(H,19,21)(H,20,23). The summed E-state index contributed by atoms with van der Waals surface area (Å²) < 4.78 is 0. The molecule has 0 spiro atoms. The number of aromatic nitrogens is 3. The summed E-state index contributed by atoms with van der Waals surface area (Å²) in [7, 11) is 3.72. The van der Waals surface area contributed by atoms with E-state index in [1.54, 1.807) is 24.5 Å². The minimum absolute atomic E-state index is 0.191. The van der Waals surface area contributed by atoms with E-state index in [2.05, 4.69) is 20.5 Å². The van der Waals surface area contributed by atoms with E-state index in [-0.39, 0.29) is 5.91 Å². The molecule has 1 amide bonds. The largest absolute Gasteiger partial charge is 0.362 e. The summed E-state index contributed by atoms with van der Waals surface area (Å²) in [5.74, 6) is 0.443. The maximum atomic E-state index is 12.5. The molecule has 2 heterocycles. The van der Waals surface area contributed by atoms with Crippen LogP contribution in [0.3, 0.4) is 0 Å². The van der Waals surface area contributed by atoms with Gasteiger partial charge in [0.25, 0.3) is 5.91 Å². The van der Waals surface area contributed by atoms with E-state index in [0.717, 1.165) is 16.9 Å². The first kappa shape index (κ1) is 14.8. The van der Waals surface area contributed by atoms with Crippen LogP contribution < -0.4 is 10.2 Å². The fourth-order valence-electron chi connectivity index (χ4n) is 2.31. The first-order valence-corrected chi connectivity index (χ1v) is 7.18. The maximum Gasteiger partial charge on any atom is 0.259 e. The number of hydrogen-bond acceptors (Lipinski definition) is 4. The van der Waals surface area contributed by atoms with Crippen LogP contribution in [0.4, 0.5) is 11.5 Å². The maximum absolute atomic E-state index is 12.5. The predicted molar refractivity (Wildman–Crippen MR) is 90.5 cm³/mol. The lowest BCUT2D eigenvalue weighted by molar-refractivity contribution is 0.102. The number of pyridine rings is 1. The van der Waals surface area contributed by atoms with Crippen LogP contribution in [0.2, 0.25) is 0 Å². The molecule has 0 radical (unpaired) electrons. The minimum atomic E-state index is -0.191.